The summed E-state index contributed by atoms with van der Waals surface area (Å²) in [5.74, 6) is -2.33. The highest BCUT2D eigenvalue weighted by Gasteiger charge is 2.13. The van der Waals surface area contributed by atoms with Gasteiger partial charge >= 0.3 is 0 Å². The van der Waals surface area contributed by atoms with Crippen molar-refractivity contribution < 1.29 is 8.78 Å². The van der Waals surface area contributed by atoms with Crippen LogP contribution in [0.15, 0.2) is 29.2 Å². The molecule has 4 heteroatoms. The first kappa shape index (κ1) is 10.7. The third-order valence-electron chi connectivity index (χ3n) is 2.51. The van der Waals surface area contributed by atoms with Crippen molar-refractivity contribution in [2.75, 3.05) is 18.0 Å². The van der Waals surface area contributed by atoms with Gasteiger partial charge in [-0.15, -0.1) is 0 Å². The van der Waals surface area contributed by atoms with Crippen LogP contribution >= 0.6 is 11.8 Å². The fourth-order valence-corrected chi connectivity index (χ4v) is 2.38. The van der Waals surface area contributed by atoms with Gasteiger partial charge in [0.1, 0.15) is 0 Å². The van der Waals surface area contributed by atoms with Crippen molar-refractivity contribution in [3.05, 3.63) is 24.3 Å². The van der Waals surface area contributed by atoms with E-state index in [-0.39, 0.29) is 0 Å². The largest absolute Gasteiger partial charge is 0.372 e. The van der Waals surface area contributed by atoms with Gasteiger partial charge in [0.25, 0.3) is 5.76 Å². The van der Waals surface area contributed by atoms with Gasteiger partial charge in [-0.2, -0.15) is 8.78 Å². The van der Waals surface area contributed by atoms with Crippen LogP contribution in [0.2, 0.25) is 0 Å². The summed E-state index contributed by atoms with van der Waals surface area (Å²) in [5.41, 5.74) is 1.07. The van der Waals surface area contributed by atoms with Crippen molar-refractivity contribution in [2.45, 2.75) is 23.5 Å². The number of halogens is 2. The molecule has 0 aromatic heterocycles. The SMILES string of the molecule is FC(F)Sc1cccc(N2CCCC2)c1. The van der Waals surface area contributed by atoms with Crippen LogP contribution in [0.4, 0.5) is 14.5 Å². The van der Waals surface area contributed by atoms with Gasteiger partial charge in [0.15, 0.2) is 0 Å². The molecule has 1 saturated heterocycles. The second kappa shape index (κ2) is 4.84. The summed E-state index contributed by atoms with van der Waals surface area (Å²) in [4.78, 5) is 2.89. The van der Waals surface area contributed by atoms with Gasteiger partial charge in [0, 0.05) is 23.7 Å². The van der Waals surface area contributed by atoms with Crippen LogP contribution in [0.3, 0.4) is 0 Å². The molecule has 1 aromatic carbocycles. The molecule has 0 amide bonds. The molecule has 1 fully saturated rings. The monoisotopic (exact) mass is 229 g/mol. The van der Waals surface area contributed by atoms with Crippen LogP contribution in [0.1, 0.15) is 12.8 Å². The van der Waals surface area contributed by atoms with Gasteiger partial charge < -0.3 is 4.90 Å². The van der Waals surface area contributed by atoms with E-state index in [0.717, 1.165) is 18.8 Å². The van der Waals surface area contributed by atoms with E-state index in [4.69, 9.17) is 0 Å². The Morgan fingerprint density at radius 1 is 1.20 bits per heavy atom. The van der Waals surface area contributed by atoms with E-state index >= 15 is 0 Å². The van der Waals surface area contributed by atoms with Crippen molar-refractivity contribution in [1.82, 2.24) is 0 Å². The molecule has 0 unspecified atom stereocenters. The van der Waals surface area contributed by atoms with Crippen LogP contribution in [0.5, 0.6) is 0 Å². The molecule has 82 valence electrons. The average Bonchev–Trinajstić information content (AvgIpc) is 2.69. The Morgan fingerprint density at radius 3 is 2.60 bits per heavy atom. The molecule has 0 spiro atoms. The lowest BCUT2D eigenvalue weighted by Crippen LogP contribution is -2.17. The van der Waals surface area contributed by atoms with Crippen LogP contribution in [-0.4, -0.2) is 18.8 Å². The number of alkyl halides is 2. The lowest BCUT2D eigenvalue weighted by Gasteiger charge is -2.18. The first-order chi connectivity index (χ1) is 7.25. The average molecular weight is 229 g/mol. The van der Waals surface area contributed by atoms with Crippen LogP contribution in [-0.2, 0) is 0 Å². The highest BCUT2D eigenvalue weighted by atomic mass is 32.2. The molecule has 0 saturated carbocycles. The molecule has 15 heavy (non-hydrogen) atoms. The normalized spacial score (nSPS) is 16.3. The van der Waals surface area contributed by atoms with Crippen molar-refractivity contribution in [1.29, 1.82) is 0 Å². The zero-order chi connectivity index (χ0) is 10.7. The zero-order valence-corrected chi connectivity index (χ0v) is 9.14. The number of rotatable bonds is 3. The number of anilines is 1. The van der Waals surface area contributed by atoms with Gasteiger partial charge in [-0.3, -0.25) is 0 Å². The zero-order valence-electron chi connectivity index (χ0n) is 8.33. The third-order valence-corrected chi connectivity index (χ3v) is 3.22. The fraction of sp³-hybridized carbons (Fsp3) is 0.455. The summed E-state index contributed by atoms with van der Waals surface area (Å²) in [7, 11) is 0. The van der Waals surface area contributed by atoms with Gasteiger partial charge in [-0.1, -0.05) is 17.8 Å². The van der Waals surface area contributed by atoms with E-state index in [1.54, 1.807) is 6.07 Å². The molecule has 1 aliphatic heterocycles. The van der Waals surface area contributed by atoms with Gasteiger partial charge in [0.2, 0.25) is 0 Å². The third kappa shape index (κ3) is 2.84. The highest BCUT2D eigenvalue weighted by molar-refractivity contribution is 7.99. The Morgan fingerprint density at radius 2 is 1.93 bits per heavy atom. The van der Waals surface area contributed by atoms with Crippen molar-refractivity contribution in [3.8, 4) is 0 Å². The van der Waals surface area contributed by atoms with Crippen molar-refractivity contribution in [3.63, 3.8) is 0 Å². The van der Waals surface area contributed by atoms with Gasteiger partial charge in [-0.05, 0) is 31.0 Å². The predicted molar refractivity (Wildman–Crippen MR) is 59.8 cm³/mol. The van der Waals surface area contributed by atoms with E-state index in [9.17, 15) is 8.78 Å². The summed E-state index contributed by atoms with van der Waals surface area (Å²) in [6.07, 6.45) is 2.40. The Labute approximate surface area is 92.5 Å². The second-order valence-electron chi connectivity index (χ2n) is 3.57. The molecule has 2 rings (SSSR count). The summed E-state index contributed by atoms with van der Waals surface area (Å²) in [6, 6.07) is 7.41. The molecule has 0 aliphatic carbocycles. The Bertz CT molecular complexity index is 324. The smallest absolute Gasteiger partial charge is 0.288 e. The summed E-state index contributed by atoms with van der Waals surface area (Å²) in [6.45, 7) is 2.09. The minimum Gasteiger partial charge on any atom is -0.372 e. The molecular weight excluding hydrogens is 216 g/mol. The van der Waals surface area contributed by atoms with Crippen LogP contribution in [0, 0.1) is 0 Å². The molecule has 0 N–H and O–H groups in total. The molecule has 0 bridgehead atoms. The number of thioether (sulfide) groups is 1. The fourth-order valence-electron chi connectivity index (χ4n) is 1.83. The van der Waals surface area contributed by atoms with E-state index in [0.29, 0.717) is 16.7 Å². The summed E-state index contributed by atoms with van der Waals surface area (Å²) < 4.78 is 24.4. The predicted octanol–water partition coefficient (Wildman–Crippen LogP) is 3.60. The van der Waals surface area contributed by atoms with Gasteiger partial charge in [-0.25, -0.2) is 0 Å². The minimum absolute atomic E-state index is 0.611. The topological polar surface area (TPSA) is 3.24 Å². The quantitative estimate of drug-likeness (QED) is 0.728. The number of benzene rings is 1. The van der Waals surface area contributed by atoms with E-state index in [1.807, 2.05) is 18.2 Å². The lowest BCUT2D eigenvalue weighted by molar-refractivity contribution is 0.252. The Hall–Kier alpha value is -0.770. The van der Waals surface area contributed by atoms with Crippen LogP contribution in [0.25, 0.3) is 0 Å². The lowest BCUT2D eigenvalue weighted by atomic mass is 10.3. The summed E-state index contributed by atoms with van der Waals surface area (Å²) >= 11 is 0.611. The number of hydrogen-bond donors (Lipinski definition) is 0. The number of nitrogens with zero attached hydrogens (tertiary/aromatic N) is 1. The Balaban J connectivity index is 2.11. The maximum Gasteiger partial charge on any atom is 0.288 e. The second-order valence-corrected chi connectivity index (χ2v) is 4.63. The van der Waals surface area contributed by atoms with Crippen molar-refractivity contribution >= 4 is 17.4 Å². The Kier molecular flexibility index (Phi) is 3.46. The van der Waals surface area contributed by atoms with Gasteiger partial charge in [0.05, 0.1) is 0 Å². The highest BCUT2D eigenvalue weighted by Crippen LogP contribution is 2.29. The molecule has 1 aromatic rings. The van der Waals surface area contributed by atoms with Crippen molar-refractivity contribution in [2.24, 2.45) is 0 Å². The van der Waals surface area contributed by atoms with E-state index in [1.165, 1.54) is 12.8 Å². The minimum atomic E-state index is -2.33. The standard InChI is InChI=1S/C11H13F2NS/c12-11(13)15-10-5-3-4-9(8-10)14-6-1-2-7-14/h3-5,8,11H,1-2,6-7H2. The molecule has 1 aliphatic rings. The number of hydrogen-bond acceptors (Lipinski definition) is 2. The molecule has 0 atom stereocenters. The molecule has 1 heterocycles. The van der Waals surface area contributed by atoms with E-state index in [2.05, 4.69) is 4.90 Å². The maximum absolute atomic E-state index is 12.2. The molecule has 0 radical (unpaired) electrons. The molecule has 1 nitrogen and oxygen atoms in total. The molecular formula is C11H13F2NS. The first-order valence-electron chi connectivity index (χ1n) is 5.05. The van der Waals surface area contributed by atoms with E-state index < -0.39 is 5.76 Å². The summed E-state index contributed by atoms with van der Waals surface area (Å²) in [5, 5.41) is 0. The maximum atomic E-state index is 12.2. The first-order valence-corrected chi connectivity index (χ1v) is 5.93. The van der Waals surface area contributed by atoms with Crippen LogP contribution < -0.4 is 4.90 Å².